The fourth-order valence-electron chi connectivity index (χ4n) is 5.16. The van der Waals surface area contributed by atoms with E-state index in [1.807, 2.05) is 25.7 Å². The normalized spacial score (nSPS) is 20.3. The number of rotatable bonds is 5. The summed E-state index contributed by atoms with van der Waals surface area (Å²) in [5.74, 6) is -0.900. The van der Waals surface area contributed by atoms with Gasteiger partial charge in [-0.3, -0.25) is 9.59 Å². The Morgan fingerprint density at radius 3 is 2.41 bits per heavy atom. The summed E-state index contributed by atoms with van der Waals surface area (Å²) in [6.45, 7) is 7.06. The van der Waals surface area contributed by atoms with Crippen molar-refractivity contribution < 1.29 is 18.0 Å². The zero-order valence-electron chi connectivity index (χ0n) is 21.6. The molecule has 1 fully saturated rings. The molecule has 8 nitrogen and oxygen atoms in total. The topological polar surface area (TPSA) is 111 Å². The standard InChI is InChI=1S/C28H28Cl2N4O4S/c1-15-9-21(28(36)34-12-16(2)31-17(3)13-34)26(32-15)11-20-19-10-18(7-8-25(19)33-27(20)35)39(37,38)14-22-23(29)5-4-6-24(22)30/h4-11,16-17,31-32H,12-14H2,1-3H3,(H,33,35)/t16-,17+. The molecule has 2 aliphatic heterocycles. The number of piperazine rings is 1. The Kier molecular flexibility index (Phi) is 7.37. The van der Waals surface area contributed by atoms with E-state index in [0.717, 1.165) is 5.69 Å². The molecule has 0 radical (unpaired) electrons. The summed E-state index contributed by atoms with van der Waals surface area (Å²) in [5, 5.41) is 6.72. The number of aryl methyl sites for hydroxylation is 1. The zero-order chi connectivity index (χ0) is 28.1. The van der Waals surface area contributed by atoms with Crippen molar-refractivity contribution >= 4 is 62.2 Å². The summed E-state index contributed by atoms with van der Waals surface area (Å²) >= 11 is 12.4. The average molecular weight is 588 g/mol. The Morgan fingerprint density at radius 1 is 1.08 bits per heavy atom. The van der Waals surface area contributed by atoms with Crippen molar-refractivity contribution in [1.29, 1.82) is 0 Å². The van der Waals surface area contributed by atoms with Crippen LogP contribution in [-0.2, 0) is 20.4 Å². The quantitative estimate of drug-likeness (QED) is 0.367. The zero-order valence-corrected chi connectivity index (χ0v) is 24.0. The number of benzene rings is 2. The van der Waals surface area contributed by atoms with E-state index in [-0.39, 0.29) is 50.2 Å². The molecular weight excluding hydrogens is 559 g/mol. The highest BCUT2D eigenvalue weighted by atomic mass is 35.5. The number of H-pyrrole nitrogens is 1. The number of aromatic amines is 1. The molecule has 2 atom stereocenters. The molecule has 2 amide bonds. The molecule has 5 rings (SSSR count). The van der Waals surface area contributed by atoms with Gasteiger partial charge in [-0.05, 0) is 63.2 Å². The molecule has 0 aliphatic carbocycles. The highest BCUT2D eigenvalue weighted by molar-refractivity contribution is 7.90. The first-order valence-electron chi connectivity index (χ1n) is 12.5. The van der Waals surface area contributed by atoms with Crippen molar-refractivity contribution in [2.45, 2.75) is 43.5 Å². The minimum Gasteiger partial charge on any atom is -0.358 e. The van der Waals surface area contributed by atoms with E-state index in [1.54, 1.807) is 36.4 Å². The van der Waals surface area contributed by atoms with Gasteiger partial charge in [0.05, 0.1) is 27.5 Å². The van der Waals surface area contributed by atoms with Gasteiger partial charge in [-0.15, -0.1) is 0 Å². The fourth-order valence-corrected chi connectivity index (χ4v) is 7.28. The predicted octanol–water partition coefficient (Wildman–Crippen LogP) is 4.92. The Balaban J connectivity index is 1.50. The maximum absolute atomic E-state index is 13.5. The maximum Gasteiger partial charge on any atom is 0.256 e. The van der Waals surface area contributed by atoms with Gasteiger partial charge in [0.15, 0.2) is 9.84 Å². The van der Waals surface area contributed by atoms with Gasteiger partial charge in [-0.25, -0.2) is 8.42 Å². The number of nitrogens with zero attached hydrogens (tertiary/aromatic N) is 1. The van der Waals surface area contributed by atoms with Crippen LogP contribution in [0.1, 0.15) is 46.7 Å². The van der Waals surface area contributed by atoms with Crippen LogP contribution in [0.5, 0.6) is 0 Å². The van der Waals surface area contributed by atoms with E-state index in [4.69, 9.17) is 23.2 Å². The molecule has 3 N–H and O–H groups in total. The van der Waals surface area contributed by atoms with Gasteiger partial charge in [0.25, 0.3) is 11.8 Å². The van der Waals surface area contributed by atoms with Crippen molar-refractivity contribution in [3.63, 3.8) is 0 Å². The summed E-state index contributed by atoms with van der Waals surface area (Å²) in [4.78, 5) is 31.5. The van der Waals surface area contributed by atoms with Crippen LogP contribution < -0.4 is 10.6 Å². The second-order valence-electron chi connectivity index (χ2n) is 10.1. The van der Waals surface area contributed by atoms with Crippen molar-refractivity contribution in [1.82, 2.24) is 15.2 Å². The molecule has 0 unspecified atom stereocenters. The lowest BCUT2D eigenvalue weighted by Gasteiger charge is -2.36. The SMILES string of the molecule is Cc1cc(C(=O)N2C[C@@H](C)N[C@@H](C)C2)c(C=C2C(=O)Nc3ccc(S(=O)(=O)Cc4c(Cl)cccc4Cl)cc32)[nH]1. The molecule has 1 saturated heterocycles. The van der Waals surface area contributed by atoms with Gasteiger partial charge in [0.2, 0.25) is 0 Å². The number of carbonyl (C=O) groups is 2. The molecule has 39 heavy (non-hydrogen) atoms. The third-order valence-electron chi connectivity index (χ3n) is 6.88. The Morgan fingerprint density at radius 2 is 1.74 bits per heavy atom. The van der Waals surface area contributed by atoms with Gasteiger partial charge < -0.3 is 20.5 Å². The van der Waals surface area contributed by atoms with Crippen LogP contribution in [0.3, 0.4) is 0 Å². The van der Waals surface area contributed by atoms with E-state index in [9.17, 15) is 18.0 Å². The Labute approximate surface area is 237 Å². The number of nitrogens with one attached hydrogen (secondary N) is 3. The molecule has 0 saturated carbocycles. The summed E-state index contributed by atoms with van der Waals surface area (Å²) in [5.41, 5.74) is 3.21. The number of halogens is 2. The number of hydrogen-bond acceptors (Lipinski definition) is 5. The monoisotopic (exact) mass is 586 g/mol. The number of hydrogen-bond donors (Lipinski definition) is 3. The lowest BCUT2D eigenvalue weighted by Crippen LogP contribution is -2.55. The first-order valence-corrected chi connectivity index (χ1v) is 14.9. The molecule has 0 bridgehead atoms. The predicted molar refractivity (Wildman–Crippen MR) is 154 cm³/mol. The van der Waals surface area contributed by atoms with Crippen molar-refractivity contribution in [2.24, 2.45) is 0 Å². The second-order valence-corrected chi connectivity index (χ2v) is 12.9. The molecule has 3 aromatic rings. The molecule has 3 heterocycles. The summed E-state index contributed by atoms with van der Waals surface area (Å²) in [6.07, 6.45) is 1.61. The number of aromatic nitrogens is 1. The van der Waals surface area contributed by atoms with Crippen LogP contribution in [0.2, 0.25) is 10.0 Å². The highest BCUT2D eigenvalue weighted by Crippen LogP contribution is 2.37. The first kappa shape index (κ1) is 27.5. The largest absolute Gasteiger partial charge is 0.358 e. The van der Waals surface area contributed by atoms with E-state index in [2.05, 4.69) is 15.6 Å². The van der Waals surface area contributed by atoms with E-state index in [1.165, 1.54) is 12.1 Å². The summed E-state index contributed by atoms with van der Waals surface area (Å²) in [6, 6.07) is 11.4. The van der Waals surface area contributed by atoms with Gasteiger partial charge in [-0.1, -0.05) is 29.3 Å². The Hall–Kier alpha value is -3.11. The van der Waals surface area contributed by atoms with Crippen LogP contribution in [-0.4, -0.2) is 55.3 Å². The number of carbonyl (C=O) groups excluding carboxylic acids is 2. The van der Waals surface area contributed by atoms with Crippen molar-refractivity contribution in [3.8, 4) is 0 Å². The van der Waals surface area contributed by atoms with Crippen LogP contribution in [0, 0.1) is 6.92 Å². The van der Waals surface area contributed by atoms with Gasteiger partial charge in [0, 0.05) is 57.7 Å². The Bertz CT molecular complexity index is 1600. The minimum absolute atomic E-state index is 0.0300. The summed E-state index contributed by atoms with van der Waals surface area (Å²) in [7, 11) is -3.85. The van der Waals surface area contributed by atoms with Gasteiger partial charge in [-0.2, -0.15) is 0 Å². The smallest absolute Gasteiger partial charge is 0.256 e. The molecule has 1 aromatic heterocycles. The maximum atomic E-state index is 13.5. The van der Waals surface area contributed by atoms with Gasteiger partial charge >= 0.3 is 0 Å². The fraction of sp³-hybridized carbons (Fsp3) is 0.286. The lowest BCUT2D eigenvalue weighted by atomic mass is 10.0. The second kappa shape index (κ2) is 10.5. The first-order chi connectivity index (χ1) is 18.4. The number of amides is 2. The third kappa shape index (κ3) is 5.49. The van der Waals surface area contributed by atoms with Crippen LogP contribution >= 0.6 is 23.2 Å². The van der Waals surface area contributed by atoms with E-state index >= 15 is 0 Å². The lowest BCUT2D eigenvalue weighted by molar-refractivity contribution is -0.110. The molecule has 2 aromatic carbocycles. The van der Waals surface area contributed by atoms with Crippen molar-refractivity contribution in [3.05, 3.63) is 80.6 Å². The molecule has 0 spiro atoms. The van der Waals surface area contributed by atoms with Crippen LogP contribution in [0.4, 0.5) is 5.69 Å². The van der Waals surface area contributed by atoms with Gasteiger partial charge in [0.1, 0.15) is 0 Å². The van der Waals surface area contributed by atoms with Crippen molar-refractivity contribution in [2.75, 3.05) is 18.4 Å². The van der Waals surface area contributed by atoms with E-state index in [0.29, 0.717) is 41.2 Å². The third-order valence-corrected chi connectivity index (χ3v) is 9.22. The van der Waals surface area contributed by atoms with E-state index < -0.39 is 9.84 Å². The summed E-state index contributed by atoms with van der Waals surface area (Å²) < 4.78 is 26.6. The van der Waals surface area contributed by atoms with Crippen LogP contribution in [0.25, 0.3) is 11.6 Å². The molecule has 2 aliphatic rings. The molecule has 204 valence electrons. The molecular formula is C28H28Cl2N4O4S. The minimum atomic E-state index is -3.85. The number of anilines is 1. The number of fused-ring (bicyclic) bond motifs is 1. The number of sulfone groups is 1. The highest BCUT2D eigenvalue weighted by Gasteiger charge is 2.30. The molecule has 11 heteroatoms. The van der Waals surface area contributed by atoms with Crippen LogP contribution in [0.15, 0.2) is 47.4 Å². The average Bonchev–Trinajstić information content (AvgIpc) is 3.39.